The maximum absolute atomic E-state index is 12.8. The number of nitrogens with zero attached hydrogens (tertiary/aromatic N) is 2. The van der Waals surface area contributed by atoms with Crippen LogP contribution in [0.15, 0.2) is 79.1 Å². The van der Waals surface area contributed by atoms with Crippen LogP contribution < -0.4 is 4.74 Å². The molecule has 1 aromatic heterocycles. The largest absolute Gasteiger partial charge is 0.457 e. The molecule has 1 heterocycles. The molecule has 3 nitrogen and oxygen atoms in total. The molecular weight excluding hydrogens is 341 g/mol. The predicted molar refractivity (Wildman–Crippen MR) is 92.6 cm³/mol. The second-order valence-corrected chi connectivity index (χ2v) is 5.73. The molecule has 4 aromatic rings. The van der Waals surface area contributed by atoms with Gasteiger partial charge in [0.25, 0.3) is 0 Å². The Balaban J connectivity index is 1.67. The Morgan fingerprint density at radius 1 is 0.808 bits per heavy atom. The van der Waals surface area contributed by atoms with E-state index in [1.165, 1.54) is 12.1 Å². The van der Waals surface area contributed by atoms with Gasteiger partial charge in [-0.15, -0.1) is 0 Å². The van der Waals surface area contributed by atoms with Crippen LogP contribution in [0.4, 0.5) is 13.2 Å². The molecule has 0 aliphatic carbocycles. The lowest BCUT2D eigenvalue weighted by atomic mass is 10.2. The van der Waals surface area contributed by atoms with Crippen molar-refractivity contribution < 1.29 is 17.9 Å². The van der Waals surface area contributed by atoms with Gasteiger partial charge in [-0.05, 0) is 42.5 Å². The Morgan fingerprint density at radius 3 is 2.35 bits per heavy atom. The van der Waals surface area contributed by atoms with Crippen LogP contribution in [0.5, 0.6) is 11.5 Å². The van der Waals surface area contributed by atoms with Gasteiger partial charge in [-0.2, -0.15) is 13.2 Å². The van der Waals surface area contributed by atoms with Gasteiger partial charge in [-0.25, -0.2) is 4.98 Å². The zero-order chi connectivity index (χ0) is 18.1. The van der Waals surface area contributed by atoms with Crippen LogP contribution in [0.2, 0.25) is 0 Å². The van der Waals surface area contributed by atoms with Crippen molar-refractivity contribution in [2.45, 2.75) is 6.18 Å². The molecule has 0 spiro atoms. The second-order valence-electron chi connectivity index (χ2n) is 5.73. The van der Waals surface area contributed by atoms with E-state index < -0.39 is 11.7 Å². The maximum atomic E-state index is 12.8. The molecule has 26 heavy (non-hydrogen) atoms. The number of para-hydroxylation sites is 2. The highest BCUT2D eigenvalue weighted by molar-refractivity contribution is 5.77. The van der Waals surface area contributed by atoms with E-state index in [1.54, 1.807) is 24.5 Å². The van der Waals surface area contributed by atoms with Crippen LogP contribution in [0, 0.1) is 0 Å². The second kappa shape index (κ2) is 6.22. The third kappa shape index (κ3) is 3.13. The van der Waals surface area contributed by atoms with Crippen molar-refractivity contribution in [3.63, 3.8) is 0 Å². The van der Waals surface area contributed by atoms with Crippen molar-refractivity contribution >= 4 is 11.0 Å². The number of rotatable bonds is 3. The van der Waals surface area contributed by atoms with Gasteiger partial charge < -0.3 is 4.74 Å². The Kier molecular flexibility index (Phi) is 3.88. The van der Waals surface area contributed by atoms with E-state index in [0.717, 1.165) is 28.9 Å². The summed E-state index contributed by atoms with van der Waals surface area (Å²) in [5.41, 5.74) is 1.86. The first kappa shape index (κ1) is 16.2. The lowest BCUT2D eigenvalue weighted by Gasteiger charge is -2.11. The summed E-state index contributed by atoms with van der Waals surface area (Å²) in [4.78, 5) is 4.34. The summed E-state index contributed by atoms with van der Waals surface area (Å²) in [6, 6.07) is 19.6. The minimum atomic E-state index is -4.41. The molecule has 4 rings (SSSR count). The molecule has 0 atom stereocenters. The first-order valence-electron chi connectivity index (χ1n) is 7.88. The Hall–Kier alpha value is -3.28. The van der Waals surface area contributed by atoms with Gasteiger partial charge in [0.15, 0.2) is 0 Å². The van der Waals surface area contributed by atoms with E-state index in [4.69, 9.17) is 4.74 Å². The van der Waals surface area contributed by atoms with Crippen molar-refractivity contribution in [2.24, 2.45) is 0 Å². The van der Waals surface area contributed by atoms with E-state index in [1.807, 2.05) is 34.9 Å². The molecule has 0 saturated heterocycles. The van der Waals surface area contributed by atoms with Crippen LogP contribution >= 0.6 is 0 Å². The number of hydrogen-bond donors (Lipinski definition) is 0. The maximum Gasteiger partial charge on any atom is 0.416 e. The van der Waals surface area contributed by atoms with Crippen LogP contribution in [0.25, 0.3) is 16.7 Å². The van der Waals surface area contributed by atoms with E-state index in [2.05, 4.69) is 4.98 Å². The van der Waals surface area contributed by atoms with E-state index in [9.17, 15) is 13.2 Å². The SMILES string of the molecule is FC(F)(F)c1cccc(Oc2cccc(-n3cnc4ccccc43)c2)c1. The van der Waals surface area contributed by atoms with E-state index in [-0.39, 0.29) is 5.75 Å². The highest BCUT2D eigenvalue weighted by Crippen LogP contribution is 2.33. The van der Waals surface area contributed by atoms with E-state index in [0.29, 0.717) is 5.75 Å². The van der Waals surface area contributed by atoms with Crippen molar-refractivity contribution in [3.8, 4) is 17.2 Å². The minimum Gasteiger partial charge on any atom is -0.457 e. The third-order valence-corrected chi connectivity index (χ3v) is 3.95. The molecule has 0 aliphatic rings. The summed E-state index contributed by atoms with van der Waals surface area (Å²) in [6.07, 6.45) is -2.70. The third-order valence-electron chi connectivity index (χ3n) is 3.95. The molecule has 0 aliphatic heterocycles. The molecular formula is C20H13F3N2O. The molecule has 0 bridgehead atoms. The highest BCUT2D eigenvalue weighted by atomic mass is 19.4. The lowest BCUT2D eigenvalue weighted by Crippen LogP contribution is -2.04. The first-order valence-corrected chi connectivity index (χ1v) is 7.88. The van der Waals surface area contributed by atoms with Crippen LogP contribution in [0.3, 0.4) is 0 Å². The molecule has 0 fully saturated rings. The standard InChI is InChI=1S/C20H13F3N2O/c21-20(22,23)14-5-3-7-16(11-14)26-17-8-4-6-15(12-17)25-13-24-18-9-1-2-10-19(18)25/h1-13H. The Morgan fingerprint density at radius 2 is 1.54 bits per heavy atom. The first-order chi connectivity index (χ1) is 12.5. The molecule has 130 valence electrons. The molecule has 0 N–H and O–H groups in total. The Labute approximate surface area is 147 Å². The van der Waals surface area contributed by atoms with Crippen molar-refractivity contribution in [1.29, 1.82) is 0 Å². The zero-order valence-electron chi connectivity index (χ0n) is 13.4. The number of aromatic nitrogens is 2. The quantitative estimate of drug-likeness (QED) is 0.462. The van der Waals surface area contributed by atoms with Crippen molar-refractivity contribution in [3.05, 3.63) is 84.7 Å². The lowest BCUT2D eigenvalue weighted by molar-refractivity contribution is -0.137. The fourth-order valence-corrected chi connectivity index (χ4v) is 2.73. The van der Waals surface area contributed by atoms with E-state index >= 15 is 0 Å². The number of halogens is 3. The Bertz CT molecular complexity index is 1070. The number of imidazole rings is 1. The van der Waals surface area contributed by atoms with Crippen LogP contribution in [-0.2, 0) is 6.18 Å². The van der Waals surface area contributed by atoms with Gasteiger partial charge in [-0.1, -0.05) is 24.3 Å². The predicted octanol–water partition coefficient (Wildman–Crippen LogP) is 5.84. The minimum absolute atomic E-state index is 0.132. The van der Waals surface area contributed by atoms with Gasteiger partial charge in [0.05, 0.1) is 22.3 Å². The van der Waals surface area contributed by atoms with Crippen molar-refractivity contribution in [2.75, 3.05) is 0 Å². The summed E-state index contributed by atoms with van der Waals surface area (Å²) >= 11 is 0. The summed E-state index contributed by atoms with van der Waals surface area (Å²) in [5.74, 6) is 0.576. The highest BCUT2D eigenvalue weighted by Gasteiger charge is 2.30. The number of hydrogen-bond acceptors (Lipinski definition) is 2. The van der Waals surface area contributed by atoms with Gasteiger partial charge in [0, 0.05) is 6.07 Å². The summed E-state index contributed by atoms with van der Waals surface area (Å²) in [6.45, 7) is 0. The monoisotopic (exact) mass is 354 g/mol. The molecule has 3 aromatic carbocycles. The number of benzene rings is 3. The molecule has 0 amide bonds. The molecule has 6 heteroatoms. The zero-order valence-corrected chi connectivity index (χ0v) is 13.4. The normalized spacial score (nSPS) is 11.7. The summed E-state index contributed by atoms with van der Waals surface area (Å²) < 4.78 is 46.0. The van der Waals surface area contributed by atoms with Crippen LogP contribution in [0.1, 0.15) is 5.56 Å². The smallest absolute Gasteiger partial charge is 0.416 e. The van der Waals surface area contributed by atoms with Gasteiger partial charge >= 0.3 is 6.18 Å². The average Bonchev–Trinajstić information content (AvgIpc) is 3.06. The summed E-state index contributed by atoms with van der Waals surface area (Å²) in [5, 5.41) is 0. The topological polar surface area (TPSA) is 27.1 Å². The molecule has 0 unspecified atom stereocenters. The van der Waals surface area contributed by atoms with Gasteiger partial charge in [-0.3, -0.25) is 4.57 Å². The number of fused-ring (bicyclic) bond motifs is 1. The fourth-order valence-electron chi connectivity index (χ4n) is 2.73. The number of alkyl halides is 3. The van der Waals surface area contributed by atoms with Crippen LogP contribution in [-0.4, -0.2) is 9.55 Å². The molecule has 0 saturated carbocycles. The fraction of sp³-hybridized carbons (Fsp3) is 0.0500. The van der Waals surface area contributed by atoms with Gasteiger partial charge in [0.2, 0.25) is 0 Å². The van der Waals surface area contributed by atoms with Gasteiger partial charge in [0.1, 0.15) is 17.8 Å². The summed E-state index contributed by atoms with van der Waals surface area (Å²) in [7, 11) is 0. The average molecular weight is 354 g/mol. The van der Waals surface area contributed by atoms with Crippen molar-refractivity contribution in [1.82, 2.24) is 9.55 Å². The molecule has 0 radical (unpaired) electrons. The number of ether oxygens (including phenoxy) is 1.